The van der Waals surface area contributed by atoms with Crippen molar-refractivity contribution < 1.29 is 23.9 Å². The lowest BCUT2D eigenvalue weighted by atomic mass is 10.1. The number of methoxy groups -OCH3 is 2. The standard InChI is InChI=1S/C14H16N2O5/c1-16-12(10-7-5-4-6-8-10)15-14(21-16,13(18)20-3)9-11(17)19-2/h4-8H,9H2,1-3H3. The van der Waals surface area contributed by atoms with E-state index in [-0.39, 0.29) is 6.42 Å². The first-order chi connectivity index (χ1) is 10.0. The molecule has 1 aliphatic heterocycles. The Hall–Kier alpha value is -2.41. The fourth-order valence-corrected chi connectivity index (χ4v) is 2.02. The number of benzene rings is 1. The van der Waals surface area contributed by atoms with Gasteiger partial charge in [-0.15, -0.1) is 0 Å². The first-order valence-electron chi connectivity index (χ1n) is 6.26. The summed E-state index contributed by atoms with van der Waals surface area (Å²) in [7, 11) is 4.04. The maximum atomic E-state index is 12.0. The number of nitrogens with zero attached hydrogens (tertiary/aromatic N) is 2. The van der Waals surface area contributed by atoms with Crippen LogP contribution in [-0.2, 0) is 23.9 Å². The molecule has 1 aromatic carbocycles. The quantitative estimate of drug-likeness (QED) is 0.762. The fraction of sp³-hybridized carbons (Fsp3) is 0.357. The molecule has 0 aliphatic carbocycles. The van der Waals surface area contributed by atoms with Gasteiger partial charge in [-0.05, 0) is 0 Å². The number of rotatable bonds is 4. The number of hydroxylamine groups is 2. The average molecular weight is 292 g/mol. The Morgan fingerprint density at radius 2 is 1.90 bits per heavy atom. The molecule has 0 fully saturated rings. The van der Waals surface area contributed by atoms with Crippen LogP contribution < -0.4 is 0 Å². The summed E-state index contributed by atoms with van der Waals surface area (Å²) in [6.07, 6.45) is -0.364. The van der Waals surface area contributed by atoms with E-state index in [1.165, 1.54) is 19.3 Å². The lowest BCUT2D eigenvalue weighted by Crippen LogP contribution is -2.42. The lowest BCUT2D eigenvalue weighted by molar-refractivity contribution is -0.205. The van der Waals surface area contributed by atoms with Crippen LogP contribution in [-0.4, -0.2) is 49.8 Å². The molecule has 0 N–H and O–H groups in total. The Morgan fingerprint density at radius 1 is 1.24 bits per heavy atom. The summed E-state index contributed by atoms with van der Waals surface area (Å²) in [4.78, 5) is 33.3. The van der Waals surface area contributed by atoms with E-state index in [0.717, 1.165) is 5.56 Å². The Kier molecular flexibility index (Phi) is 4.23. The Balaban J connectivity index is 2.41. The van der Waals surface area contributed by atoms with Crippen LogP contribution in [0.2, 0.25) is 0 Å². The first-order valence-corrected chi connectivity index (χ1v) is 6.26. The Labute approximate surface area is 122 Å². The van der Waals surface area contributed by atoms with Crippen LogP contribution >= 0.6 is 0 Å². The number of aliphatic imine (C=N–C) groups is 1. The molecule has 1 aliphatic rings. The van der Waals surface area contributed by atoms with Gasteiger partial charge in [0.15, 0.2) is 5.84 Å². The second-order valence-electron chi connectivity index (χ2n) is 4.42. The van der Waals surface area contributed by atoms with Crippen LogP contribution in [0.4, 0.5) is 0 Å². The highest BCUT2D eigenvalue weighted by atomic mass is 16.7. The van der Waals surface area contributed by atoms with Gasteiger partial charge in [0, 0.05) is 12.6 Å². The number of ether oxygens (including phenoxy) is 2. The maximum absolute atomic E-state index is 12.0. The zero-order valence-corrected chi connectivity index (χ0v) is 12.0. The molecule has 0 bridgehead atoms. The normalized spacial score (nSPS) is 20.9. The van der Waals surface area contributed by atoms with Crippen molar-refractivity contribution in [3.05, 3.63) is 35.9 Å². The molecule has 0 radical (unpaired) electrons. The third-order valence-electron chi connectivity index (χ3n) is 3.02. The van der Waals surface area contributed by atoms with Crippen molar-refractivity contribution in [1.82, 2.24) is 5.06 Å². The van der Waals surface area contributed by atoms with Crippen LogP contribution in [0, 0.1) is 0 Å². The smallest absolute Gasteiger partial charge is 0.364 e. The van der Waals surface area contributed by atoms with Crippen molar-refractivity contribution in [3.8, 4) is 0 Å². The lowest BCUT2D eigenvalue weighted by Gasteiger charge is -2.22. The van der Waals surface area contributed by atoms with Gasteiger partial charge in [-0.2, -0.15) is 0 Å². The minimum Gasteiger partial charge on any atom is -0.469 e. The summed E-state index contributed by atoms with van der Waals surface area (Å²) in [5.74, 6) is -0.942. The maximum Gasteiger partial charge on any atom is 0.364 e. The van der Waals surface area contributed by atoms with Gasteiger partial charge in [0.1, 0.15) is 6.42 Å². The number of hydrogen-bond donors (Lipinski definition) is 0. The molecule has 0 amide bonds. The summed E-state index contributed by atoms with van der Waals surface area (Å²) in [5, 5.41) is 1.34. The van der Waals surface area contributed by atoms with E-state index in [9.17, 15) is 9.59 Å². The molecule has 0 saturated heterocycles. The Morgan fingerprint density at radius 3 is 2.48 bits per heavy atom. The van der Waals surface area contributed by atoms with Crippen LogP contribution in [0.15, 0.2) is 35.3 Å². The third kappa shape index (κ3) is 2.87. The van der Waals surface area contributed by atoms with Crippen molar-refractivity contribution in [2.75, 3.05) is 21.3 Å². The molecule has 21 heavy (non-hydrogen) atoms. The van der Waals surface area contributed by atoms with Gasteiger partial charge in [-0.1, -0.05) is 30.3 Å². The molecule has 0 spiro atoms. The summed E-state index contributed by atoms with van der Waals surface area (Å²) >= 11 is 0. The highest BCUT2D eigenvalue weighted by Crippen LogP contribution is 2.30. The molecule has 1 unspecified atom stereocenters. The van der Waals surface area contributed by atoms with E-state index in [0.29, 0.717) is 5.84 Å². The van der Waals surface area contributed by atoms with Crippen molar-refractivity contribution in [2.45, 2.75) is 12.1 Å². The third-order valence-corrected chi connectivity index (χ3v) is 3.02. The van der Waals surface area contributed by atoms with E-state index in [1.54, 1.807) is 7.05 Å². The van der Waals surface area contributed by atoms with Crippen LogP contribution in [0.5, 0.6) is 0 Å². The van der Waals surface area contributed by atoms with Gasteiger partial charge in [0.25, 0.3) is 5.72 Å². The van der Waals surface area contributed by atoms with Gasteiger partial charge in [-0.3, -0.25) is 4.79 Å². The monoisotopic (exact) mass is 292 g/mol. The minimum atomic E-state index is -1.75. The van der Waals surface area contributed by atoms with Gasteiger partial charge >= 0.3 is 11.9 Å². The molecular formula is C14H16N2O5. The van der Waals surface area contributed by atoms with Gasteiger partial charge in [-0.25, -0.2) is 19.7 Å². The molecule has 1 heterocycles. The molecule has 0 aromatic heterocycles. The van der Waals surface area contributed by atoms with Gasteiger partial charge < -0.3 is 9.47 Å². The molecule has 1 aromatic rings. The molecule has 112 valence electrons. The molecular weight excluding hydrogens is 276 g/mol. The topological polar surface area (TPSA) is 77.4 Å². The second kappa shape index (κ2) is 5.92. The van der Waals surface area contributed by atoms with Gasteiger partial charge in [0.2, 0.25) is 0 Å². The summed E-state index contributed by atoms with van der Waals surface area (Å²) in [6.45, 7) is 0. The number of hydrogen-bond acceptors (Lipinski definition) is 7. The van der Waals surface area contributed by atoms with Crippen molar-refractivity contribution in [3.63, 3.8) is 0 Å². The van der Waals surface area contributed by atoms with E-state index in [1.807, 2.05) is 30.3 Å². The van der Waals surface area contributed by atoms with Gasteiger partial charge in [0.05, 0.1) is 14.2 Å². The average Bonchev–Trinajstić information content (AvgIpc) is 2.84. The largest absolute Gasteiger partial charge is 0.469 e. The van der Waals surface area contributed by atoms with Crippen LogP contribution in [0.1, 0.15) is 12.0 Å². The summed E-state index contributed by atoms with van der Waals surface area (Å²) < 4.78 is 9.30. The van der Waals surface area contributed by atoms with Crippen LogP contribution in [0.3, 0.4) is 0 Å². The molecule has 1 atom stereocenters. The first kappa shape index (κ1) is 15.0. The molecule has 0 saturated carbocycles. The van der Waals surface area contributed by atoms with E-state index in [4.69, 9.17) is 9.57 Å². The highest BCUT2D eigenvalue weighted by molar-refractivity contribution is 6.02. The zero-order valence-electron chi connectivity index (χ0n) is 12.0. The van der Waals surface area contributed by atoms with E-state index >= 15 is 0 Å². The van der Waals surface area contributed by atoms with E-state index in [2.05, 4.69) is 9.73 Å². The minimum absolute atomic E-state index is 0.364. The molecule has 7 heteroatoms. The molecule has 7 nitrogen and oxygen atoms in total. The van der Waals surface area contributed by atoms with Crippen molar-refractivity contribution in [1.29, 1.82) is 0 Å². The van der Waals surface area contributed by atoms with Crippen molar-refractivity contribution in [2.24, 2.45) is 4.99 Å². The predicted octanol–water partition coefficient (Wildman–Crippen LogP) is 0.743. The number of carbonyl (C=O) groups is 2. The summed E-state index contributed by atoms with van der Waals surface area (Å²) in [5.41, 5.74) is -0.988. The fourth-order valence-electron chi connectivity index (χ4n) is 2.02. The highest BCUT2D eigenvalue weighted by Gasteiger charge is 2.50. The summed E-state index contributed by atoms with van der Waals surface area (Å²) in [6, 6.07) is 9.19. The Bertz CT molecular complexity index is 572. The zero-order chi connectivity index (χ0) is 15.5. The van der Waals surface area contributed by atoms with Crippen LogP contribution in [0.25, 0.3) is 0 Å². The SMILES string of the molecule is COC(=O)CC1(C(=O)OC)N=C(c2ccccc2)N(C)O1. The number of carbonyl (C=O) groups excluding carboxylic acids is 2. The second-order valence-corrected chi connectivity index (χ2v) is 4.42. The van der Waals surface area contributed by atoms with E-state index < -0.39 is 17.7 Å². The number of amidine groups is 1. The number of esters is 2. The molecule has 2 rings (SSSR count). The van der Waals surface area contributed by atoms with Crippen molar-refractivity contribution >= 4 is 17.8 Å². The predicted molar refractivity (Wildman–Crippen MR) is 73.2 cm³/mol.